The maximum atomic E-state index is 14.7. The normalized spacial score (nSPS) is 35.2. The SMILES string of the molecule is [2H]C([2H])(O)[C@H]1O[C@@H](n2cc(F)c(N)nc2=O)C(F)(C#C)[C@H]1O. The lowest BCUT2D eigenvalue weighted by atomic mass is 9.97. The van der Waals surface area contributed by atoms with Crippen molar-refractivity contribution < 1.29 is 26.5 Å². The van der Waals surface area contributed by atoms with E-state index in [9.17, 15) is 23.8 Å². The molecular formula is C11H11F2N3O4. The molecule has 0 radical (unpaired) electrons. The number of hydrogen-bond donors (Lipinski definition) is 3. The molecule has 1 unspecified atom stereocenters. The van der Waals surface area contributed by atoms with Gasteiger partial charge in [-0.3, -0.25) is 4.57 Å². The largest absolute Gasteiger partial charge is 0.394 e. The second kappa shape index (κ2) is 4.82. The van der Waals surface area contributed by atoms with Crippen LogP contribution in [-0.4, -0.2) is 44.2 Å². The number of aliphatic hydroxyl groups excluding tert-OH is 1. The average molecular weight is 289 g/mol. The first-order valence-corrected chi connectivity index (χ1v) is 5.29. The highest BCUT2D eigenvalue weighted by Gasteiger charge is 2.57. The summed E-state index contributed by atoms with van der Waals surface area (Å²) in [6.45, 7) is -3.16. The number of alkyl halides is 1. The fourth-order valence-corrected chi connectivity index (χ4v) is 1.83. The Hall–Kier alpha value is -2.02. The van der Waals surface area contributed by atoms with Crippen LogP contribution in [0, 0.1) is 18.2 Å². The van der Waals surface area contributed by atoms with Gasteiger partial charge in [-0.25, -0.2) is 13.6 Å². The van der Waals surface area contributed by atoms with Crippen molar-refractivity contribution in [1.82, 2.24) is 9.55 Å². The van der Waals surface area contributed by atoms with Crippen molar-refractivity contribution in [2.45, 2.75) is 24.1 Å². The molecule has 0 aromatic carbocycles. The van der Waals surface area contributed by atoms with Crippen LogP contribution in [0.5, 0.6) is 0 Å². The van der Waals surface area contributed by atoms with Crippen LogP contribution in [0.3, 0.4) is 0 Å². The number of hydrogen-bond acceptors (Lipinski definition) is 6. The molecule has 4 N–H and O–H groups in total. The van der Waals surface area contributed by atoms with Crippen LogP contribution >= 0.6 is 0 Å². The minimum atomic E-state index is -3.16. The highest BCUT2D eigenvalue weighted by molar-refractivity contribution is 5.27. The van der Waals surface area contributed by atoms with E-state index in [1.165, 1.54) is 0 Å². The summed E-state index contributed by atoms with van der Waals surface area (Å²) in [6.07, 6.45) is -1.07. The summed E-state index contributed by atoms with van der Waals surface area (Å²) in [5.74, 6) is -0.369. The molecule has 20 heavy (non-hydrogen) atoms. The Morgan fingerprint density at radius 3 is 3.00 bits per heavy atom. The van der Waals surface area contributed by atoms with Crippen molar-refractivity contribution in [3.8, 4) is 12.3 Å². The van der Waals surface area contributed by atoms with E-state index >= 15 is 0 Å². The van der Waals surface area contributed by atoms with Crippen LogP contribution in [0.15, 0.2) is 11.0 Å². The number of halogens is 2. The van der Waals surface area contributed by atoms with E-state index < -0.39 is 48.0 Å². The fourth-order valence-electron chi connectivity index (χ4n) is 1.83. The Bertz CT molecular complexity index is 702. The summed E-state index contributed by atoms with van der Waals surface area (Å²) >= 11 is 0. The van der Waals surface area contributed by atoms with Crippen molar-refractivity contribution >= 4 is 5.82 Å². The van der Waals surface area contributed by atoms with Gasteiger partial charge < -0.3 is 20.7 Å². The van der Waals surface area contributed by atoms with Crippen LogP contribution < -0.4 is 11.4 Å². The third-order valence-corrected chi connectivity index (χ3v) is 2.89. The molecular weight excluding hydrogens is 276 g/mol. The Balaban J connectivity index is 2.58. The maximum Gasteiger partial charge on any atom is 0.351 e. The van der Waals surface area contributed by atoms with E-state index in [-0.39, 0.29) is 0 Å². The second-order valence-corrected chi connectivity index (χ2v) is 4.06. The van der Waals surface area contributed by atoms with Crippen molar-refractivity contribution in [1.29, 1.82) is 0 Å². The van der Waals surface area contributed by atoms with Gasteiger partial charge in [0.15, 0.2) is 17.9 Å². The number of anilines is 1. The Morgan fingerprint density at radius 1 is 1.80 bits per heavy atom. The smallest absolute Gasteiger partial charge is 0.351 e. The first kappa shape index (κ1) is 11.8. The van der Waals surface area contributed by atoms with Gasteiger partial charge in [-0.1, -0.05) is 5.92 Å². The molecule has 7 nitrogen and oxygen atoms in total. The Labute approximate surface area is 114 Å². The minimum Gasteiger partial charge on any atom is -0.394 e. The first-order valence-electron chi connectivity index (χ1n) is 6.29. The molecule has 1 aliphatic rings. The van der Waals surface area contributed by atoms with Gasteiger partial charge in [0.25, 0.3) is 0 Å². The number of ether oxygens (including phenoxy) is 1. The third kappa shape index (κ3) is 1.94. The molecule has 1 aromatic rings. The van der Waals surface area contributed by atoms with Gasteiger partial charge in [-0.15, -0.1) is 6.42 Å². The molecule has 1 saturated heterocycles. The summed E-state index contributed by atoms with van der Waals surface area (Å²) in [4.78, 5) is 14.8. The van der Waals surface area contributed by atoms with Crippen molar-refractivity contribution in [3.63, 3.8) is 0 Å². The van der Waals surface area contributed by atoms with Crippen LogP contribution in [0.2, 0.25) is 0 Å². The van der Waals surface area contributed by atoms with E-state index in [1.807, 2.05) is 0 Å². The lowest BCUT2D eigenvalue weighted by Gasteiger charge is -2.23. The third-order valence-electron chi connectivity index (χ3n) is 2.89. The van der Waals surface area contributed by atoms with Crippen LogP contribution in [0.1, 0.15) is 8.97 Å². The summed E-state index contributed by atoms with van der Waals surface area (Å²) < 4.78 is 47.5. The summed E-state index contributed by atoms with van der Waals surface area (Å²) in [6, 6.07) is 0. The second-order valence-electron chi connectivity index (χ2n) is 4.06. The molecule has 4 atom stereocenters. The van der Waals surface area contributed by atoms with Crippen molar-refractivity contribution in [2.24, 2.45) is 0 Å². The molecule has 0 bridgehead atoms. The lowest BCUT2D eigenvalue weighted by Crippen LogP contribution is -2.44. The maximum absolute atomic E-state index is 14.7. The number of aliphatic hydroxyl groups is 2. The van der Waals surface area contributed by atoms with Gasteiger partial charge in [0.1, 0.15) is 12.2 Å². The summed E-state index contributed by atoms with van der Waals surface area (Å²) in [5.41, 5.74) is 0.757. The number of terminal acetylenes is 1. The standard InChI is InChI=1S/C11H11F2N3O4/c1-2-11(13)7(18)6(4-17)20-9(11)16-3-5(12)8(14)15-10(16)19/h1,3,6-7,9,17-18H,4H2,(H2,14,15,19)/t6-,7+,9-,11?/m1/s1/i4D2. The number of nitrogens with two attached hydrogens (primary N) is 1. The quantitative estimate of drug-likeness (QED) is 0.575. The molecule has 0 aliphatic carbocycles. The molecule has 1 aliphatic heterocycles. The van der Waals surface area contributed by atoms with Gasteiger partial charge in [0, 0.05) is 0 Å². The molecule has 0 amide bonds. The molecule has 1 fully saturated rings. The van der Waals surface area contributed by atoms with E-state index in [4.69, 9.17) is 19.6 Å². The number of aromatic nitrogens is 2. The van der Waals surface area contributed by atoms with Gasteiger partial charge >= 0.3 is 5.69 Å². The molecule has 2 rings (SSSR count). The highest BCUT2D eigenvalue weighted by atomic mass is 19.1. The monoisotopic (exact) mass is 289 g/mol. The van der Waals surface area contributed by atoms with E-state index in [2.05, 4.69) is 4.98 Å². The molecule has 108 valence electrons. The van der Waals surface area contributed by atoms with Gasteiger partial charge in [-0.2, -0.15) is 4.98 Å². The zero-order valence-corrected chi connectivity index (χ0v) is 9.83. The zero-order valence-electron chi connectivity index (χ0n) is 11.8. The predicted molar refractivity (Wildman–Crippen MR) is 62.5 cm³/mol. The number of nitrogens with zero attached hydrogens (tertiary/aromatic N) is 2. The highest BCUT2D eigenvalue weighted by Crippen LogP contribution is 2.40. The van der Waals surface area contributed by atoms with Crippen LogP contribution in [0.25, 0.3) is 0 Å². The summed E-state index contributed by atoms with van der Waals surface area (Å²) in [5, 5.41) is 19.1. The average Bonchev–Trinajstić information content (AvgIpc) is 2.67. The topological polar surface area (TPSA) is 111 Å². The van der Waals surface area contributed by atoms with E-state index in [0.717, 1.165) is 0 Å². The lowest BCUT2D eigenvalue weighted by molar-refractivity contribution is -0.0546. The van der Waals surface area contributed by atoms with Crippen molar-refractivity contribution in [3.05, 3.63) is 22.5 Å². The van der Waals surface area contributed by atoms with Gasteiger partial charge in [0.2, 0.25) is 5.67 Å². The molecule has 0 spiro atoms. The Morgan fingerprint density at radius 2 is 2.45 bits per heavy atom. The van der Waals surface area contributed by atoms with Crippen LogP contribution in [0.4, 0.5) is 14.6 Å². The van der Waals surface area contributed by atoms with Crippen LogP contribution in [-0.2, 0) is 4.74 Å². The first-order chi connectivity index (χ1) is 10.0. The number of rotatable bonds is 2. The predicted octanol–water partition coefficient (Wildman–Crippen LogP) is -1.44. The Kier molecular flexibility index (Phi) is 2.84. The molecule has 9 heteroatoms. The van der Waals surface area contributed by atoms with Gasteiger partial charge in [-0.05, 0) is 0 Å². The number of nitrogen functional groups attached to an aromatic ring is 1. The fraction of sp³-hybridized carbons (Fsp3) is 0.455. The van der Waals surface area contributed by atoms with E-state index in [0.29, 0.717) is 10.8 Å². The molecule has 0 saturated carbocycles. The molecule has 1 aromatic heterocycles. The minimum absolute atomic E-state index is 0.292. The zero-order chi connectivity index (χ0) is 16.9. The van der Waals surface area contributed by atoms with E-state index in [1.54, 1.807) is 5.92 Å². The van der Waals surface area contributed by atoms with Crippen molar-refractivity contribution in [2.75, 3.05) is 12.3 Å². The molecule has 2 heterocycles. The van der Waals surface area contributed by atoms with Gasteiger partial charge in [0.05, 0.1) is 15.5 Å². The summed E-state index contributed by atoms with van der Waals surface area (Å²) in [7, 11) is 0.